The second kappa shape index (κ2) is 4.09. The molecule has 2 aliphatic heterocycles. The summed E-state index contributed by atoms with van der Waals surface area (Å²) in [4.78, 5) is 13.8. The van der Waals surface area contributed by atoms with Crippen LogP contribution in [0.15, 0.2) is 0 Å². The average molecular weight is 183 g/mol. The van der Waals surface area contributed by atoms with Gasteiger partial charge in [-0.25, -0.2) is 0 Å². The first-order chi connectivity index (χ1) is 6.38. The van der Waals surface area contributed by atoms with E-state index in [0.29, 0.717) is 0 Å². The van der Waals surface area contributed by atoms with Crippen molar-refractivity contribution < 1.29 is 9.53 Å². The van der Waals surface area contributed by atoms with Crippen LogP contribution in [-0.4, -0.2) is 36.6 Å². The first kappa shape index (κ1) is 9.00. The van der Waals surface area contributed by atoms with Gasteiger partial charge in [-0.1, -0.05) is 0 Å². The summed E-state index contributed by atoms with van der Waals surface area (Å²) in [6, 6.07) is 0. The van der Waals surface area contributed by atoms with Crippen LogP contribution in [0.1, 0.15) is 32.1 Å². The van der Waals surface area contributed by atoms with E-state index in [1.165, 1.54) is 19.3 Å². The van der Waals surface area contributed by atoms with E-state index in [2.05, 4.69) is 0 Å². The molecule has 2 rings (SSSR count). The van der Waals surface area contributed by atoms with Gasteiger partial charge in [0.25, 0.3) is 5.91 Å². The maximum Gasteiger partial charge on any atom is 0.251 e. The molecule has 0 aromatic rings. The van der Waals surface area contributed by atoms with Crippen molar-refractivity contribution in [2.75, 3.05) is 19.7 Å². The van der Waals surface area contributed by atoms with Crippen LogP contribution in [0.4, 0.5) is 0 Å². The molecule has 0 spiro atoms. The molecule has 0 saturated carbocycles. The number of piperidine rings is 1. The summed E-state index contributed by atoms with van der Waals surface area (Å²) < 4.78 is 5.38. The fraction of sp³-hybridized carbons (Fsp3) is 0.900. The SMILES string of the molecule is O=C([C@H]1CCCO1)N1CCCCC1. The monoisotopic (exact) mass is 183 g/mol. The van der Waals surface area contributed by atoms with Gasteiger partial charge < -0.3 is 9.64 Å². The van der Waals surface area contributed by atoms with E-state index in [4.69, 9.17) is 4.74 Å². The van der Waals surface area contributed by atoms with Gasteiger partial charge in [-0.05, 0) is 32.1 Å². The van der Waals surface area contributed by atoms with Gasteiger partial charge in [0.05, 0.1) is 0 Å². The van der Waals surface area contributed by atoms with Crippen molar-refractivity contribution >= 4 is 5.91 Å². The molecule has 2 heterocycles. The van der Waals surface area contributed by atoms with E-state index in [1.54, 1.807) is 0 Å². The highest BCUT2D eigenvalue weighted by Crippen LogP contribution is 2.17. The summed E-state index contributed by atoms with van der Waals surface area (Å²) in [5.74, 6) is 0.234. The molecule has 0 unspecified atom stereocenters. The zero-order valence-electron chi connectivity index (χ0n) is 8.00. The maximum atomic E-state index is 11.8. The van der Waals surface area contributed by atoms with Crippen LogP contribution >= 0.6 is 0 Å². The Morgan fingerprint density at radius 2 is 1.92 bits per heavy atom. The van der Waals surface area contributed by atoms with Crippen LogP contribution in [0.5, 0.6) is 0 Å². The number of amides is 1. The second-order valence-corrected chi connectivity index (χ2v) is 3.89. The Morgan fingerprint density at radius 1 is 1.15 bits per heavy atom. The Bertz CT molecular complexity index is 181. The summed E-state index contributed by atoms with van der Waals surface area (Å²) in [7, 11) is 0. The quantitative estimate of drug-likeness (QED) is 0.611. The van der Waals surface area contributed by atoms with Crippen LogP contribution in [0, 0.1) is 0 Å². The highest BCUT2D eigenvalue weighted by molar-refractivity contribution is 5.81. The first-order valence-electron chi connectivity index (χ1n) is 5.28. The number of carbonyl (C=O) groups excluding carboxylic acids is 1. The molecule has 74 valence electrons. The molecule has 13 heavy (non-hydrogen) atoms. The van der Waals surface area contributed by atoms with Crippen molar-refractivity contribution in [3.63, 3.8) is 0 Å². The summed E-state index contributed by atoms with van der Waals surface area (Å²) >= 11 is 0. The van der Waals surface area contributed by atoms with Crippen LogP contribution in [0.2, 0.25) is 0 Å². The zero-order chi connectivity index (χ0) is 9.10. The minimum absolute atomic E-state index is 0.113. The molecule has 0 aromatic heterocycles. The molecule has 0 aromatic carbocycles. The predicted octanol–water partition coefficient (Wildman–Crippen LogP) is 1.18. The fourth-order valence-corrected chi connectivity index (χ4v) is 2.09. The van der Waals surface area contributed by atoms with E-state index in [9.17, 15) is 4.79 Å². The summed E-state index contributed by atoms with van der Waals surface area (Å²) in [5, 5.41) is 0. The molecule has 3 heteroatoms. The lowest BCUT2D eigenvalue weighted by molar-refractivity contribution is -0.141. The normalized spacial score (nSPS) is 29.2. The standard InChI is InChI=1S/C10H17NO2/c12-10(9-5-4-8-13-9)11-6-2-1-3-7-11/h9H,1-8H2/t9-/m1/s1. The third-order valence-electron chi connectivity index (χ3n) is 2.87. The number of rotatable bonds is 1. The number of ether oxygens (including phenoxy) is 1. The minimum Gasteiger partial charge on any atom is -0.368 e. The largest absolute Gasteiger partial charge is 0.368 e. The second-order valence-electron chi connectivity index (χ2n) is 3.89. The summed E-state index contributed by atoms with van der Waals surface area (Å²) in [6.07, 6.45) is 5.46. The molecule has 3 nitrogen and oxygen atoms in total. The van der Waals surface area contributed by atoms with E-state index in [0.717, 1.165) is 32.5 Å². The molecule has 0 bridgehead atoms. The number of carbonyl (C=O) groups is 1. The van der Waals surface area contributed by atoms with Crippen LogP contribution in [0.3, 0.4) is 0 Å². The molecule has 1 atom stereocenters. The minimum atomic E-state index is -0.113. The van der Waals surface area contributed by atoms with Crippen molar-refractivity contribution in [3.05, 3.63) is 0 Å². The Labute approximate surface area is 79.0 Å². The lowest BCUT2D eigenvalue weighted by Gasteiger charge is -2.28. The van der Waals surface area contributed by atoms with Crippen LogP contribution < -0.4 is 0 Å². The first-order valence-corrected chi connectivity index (χ1v) is 5.28. The van der Waals surface area contributed by atoms with Crippen LogP contribution in [-0.2, 0) is 9.53 Å². The van der Waals surface area contributed by atoms with Gasteiger partial charge in [0.1, 0.15) is 6.10 Å². The van der Waals surface area contributed by atoms with Gasteiger partial charge in [-0.2, -0.15) is 0 Å². The molecule has 0 N–H and O–H groups in total. The number of hydrogen-bond donors (Lipinski definition) is 0. The van der Waals surface area contributed by atoms with Gasteiger partial charge >= 0.3 is 0 Å². The van der Waals surface area contributed by atoms with E-state index in [-0.39, 0.29) is 12.0 Å². The van der Waals surface area contributed by atoms with Crippen molar-refractivity contribution in [3.8, 4) is 0 Å². The van der Waals surface area contributed by atoms with E-state index >= 15 is 0 Å². The molecular weight excluding hydrogens is 166 g/mol. The van der Waals surface area contributed by atoms with Gasteiger partial charge in [0, 0.05) is 19.7 Å². The van der Waals surface area contributed by atoms with E-state index in [1.807, 2.05) is 4.90 Å². The smallest absolute Gasteiger partial charge is 0.251 e. The topological polar surface area (TPSA) is 29.5 Å². The number of nitrogens with zero attached hydrogens (tertiary/aromatic N) is 1. The Hall–Kier alpha value is -0.570. The maximum absolute atomic E-state index is 11.8. The summed E-state index contributed by atoms with van der Waals surface area (Å²) in [6.45, 7) is 2.65. The molecule has 2 saturated heterocycles. The lowest BCUT2D eigenvalue weighted by Crippen LogP contribution is -2.41. The Kier molecular flexibility index (Phi) is 2.83. The number of hydrogen-bond acceptors (Lipinski definition) is 2. The third kappa shape index (κ3) is 2.02. The van der Waals surface area contributed by atoms with Crippen molar-refractivity contribution in [2.45, 2.75) is 38.2 Å². The fourth-order valence-electron chi connectivity index (χ4n) is 2.09. The Morgan fingerprint density at radius 3 is 2.54 bits per heavy atom. The zero-order valence-corrected chi connectivity index (χ0v) is 8.00. The summed E-state index contributed by atoms with van der Waals surface area (Å²) in [5.41, 5.74) is 0. The molecule has 1 amide bonds. The van der Waals surface area contributed by atoms with Gasteiger partial charge in [-0.15, -0.1) is 0 Å². The highest BCUT2D eigenvalue weighted by atomic mass is 16.5. The average Bonchev–Trinajstić information content (AvgIpc) is 2.71. The van der Waals surface area contributed by atoms with Crippen molar-refractivity contribution in [1.29, 1.82) is 0 Å². The molecular formula is C10H17NO2. The lowest BCUT2D eigenvalue weighted by atomic mass is 10.1. The van der Waals surface area contributed by atoms with Crippen molar-refractivity contribution in [2.24, 2.45) is 0 Å². The van der Waals surface area contributed by atoms with Gasteiger partial charge in [-0.3, -0.25) is 4.79 Å². The van der Waals surface area contributed by atoms with Crippen LogP contribution in [0.25, 0.3) is 0 Å². The third-order valence-corrected chi connectivity index (χ3v) is 2.87. The van der Waals surface area contributed by atoms with Crippen molar-refractivity contribution in [1.82, 2.24) is 4.90 Å². The molecule has 2 aliphatic rings. The molecule has 0 radical (unpaired) electrons. The van der Waals surface area contributed by atoms with E-state index < -0.39 is 0 Å². The molecule has 2 fully saturated rings. The molecule has 0 aliphatic carbocycles. The highest BCUT2D eigenvalue weighted by Gasteiger charge is 2.28. The van der Waals surface area contributed by atoms with Gasteiger partial charge in [0.15, 0.2) is 0 Å². The number of likely N-dealkylation sites (tertiary alicyclic amines) is 1. The Balaban J connectivity index is 1.87. The van der Waals surface area contributed by atoms with Gasteiger partial charge in [0.2, 0.25) is 0 Å². The predicted molar refractivity (Wildman–Crippen MR) is 49.4 cm³/mol.